The molecule has 2 aliphatic heterocycles. The Morgan fingerprint density at radius 1 is 1.36 bits per heavy atom. The summed E-state index contributed by atoms with van der Waals surface area (Å²) >= 11 is 0. The van der Waals surface area contributed by atoms with E-state index in [4.69, 9.17) is 4.74 Å². The van der Waals surface area contributed by atoms with Crippen LogP contribution in [0.5, 0.6) is 0 Å². The van der Waals surface area contributed by atoms with E-state index in [1.807, 2.05) is 0 Å². The van der Waals surface area contributed by atoms with Crippen LogP contribution in [-0.4, -0.2) is 25.8 Å². The minimum absolute atomic E-state index is 0.737. The van der Waals surface area contributed by atoms with Gasteiger partial charge < -0.3 is 10.1 Å². The van der Waals surface area contributed by atoms with Gasteiger partial charge in [0.1, 0.15) is 0 Å². The fourth-order valence-electron chi connectivity index (χ4n) is 2.26. The molecule has 11 heavy (non-hydrogen) atoms. The first kappa shape index (κ1) is 7.56. The molecule has 3 unspecified atom stereocenters. The third-order valence-electron chi connectivity index (χ3n) is 3.02. The van der Waals surface area contributed by atoms with Crippen LogP contribution in [0, 0.1) is 11.8 Å². The monoisotopic (exact) mass is 155 g/mol. The largest absolute Gasteiger partial charge is 0.381 e. The van der Waals surface area contributed by atoms with Crippen LogP contribution in [-0.2, 0) is 4.74 Å². The molecule has 0 aliphatic carbocycles. The minimum atomic E-state index is 0.737. The molecule has 2 rings (SSSR count). The van der Waals surface area contributed by atoms with Gasteiger partial charge in [-0.3, -0.25) is 0 Å². The van der Waals surface area contributed by atoms with Gasteiger partial charge in [0.05, 0.1) is 0 Å². The van der Waals surface area contributed by atoms with Crippen LogP contribution in [0.25, 0.3) is 0 Å². The van der Waals surface area contributed by atoms with Gasteiger partial charge in [0.15, 0.2) is 0 Å². The average Bonchev–Trinajstić information content (AvgIpc) is 2.55. The average molecular weight is 155 g/mol. The van der Waals surface area contributed by atoms with Crippen molar-refractivity contribution in [1.82, 2.24) is 5.32 Å². The van der Waals surface area contributed by atoms with E-state index in [1.165, 1.54) is 19.4 Å². The van der Waals surface area contributed by atoms with E-state index < -0.39 is 0 Å². The van der Waals surface area contributed by atoms with Crippen molar-refractivity contribution < 1.29 is 4.74 Å². The summed E-state index contributed by atoms with van der Waals surface area (Å²) in [7, 11) is 0. The third kappa shape index (κ3) is 1.57. The highest BCUT2D eigenvalue weighted by Crippen LogP contribution is 2.28. The van der Waals surface area contributed by atoms with Crippen LogP contribution in [0.15, 0.2) is 0 Å². The van der Waals surface area contributed by atoms with Gasteiger partial charge in [-0.1, -0.05) is 0 Å². The zero-order valence-electron chi connectivity index (χ0n) is 7.18. The van der Waals surface area contributed by atoms with E-state index in [9.17, 15) is 0 Å². The summed E-state index contributed by atoms with van der Waals surface area (Å²) in [5.74, 6) is 1.75. The van der Waals surface area contributed by atoms with Crippen molar-refractivity contribution in [2.24, 2.45) is 11.8 Å². The lowest BCUT2D eigenvalue weighted by Gasteiger charge is -2.14. The topological polar surface area (TPSA) is 21.3 Å². The molecule has 2 heterocycles. The highest BCUT2D eigenvalue weighted by Gasteiger charge is 2.30. The first-order chi connectivity index (χ1) is 5.36. The van der Waals surface area contributed by atoms with Gasteiger partial charge in [0, 0.05) is 19.3 Å². The lowest BCUT2D eigenvalue weighted by molar-refractivity contribution is 0.174. The lowest BCUT2D eigenvalue weighted by Crippen LogP contribution is -2.19. The van der Waals surface area contributed by atoms with Gasteiger partial charge in [-0.15, -0.1) is 0 Å². The highest BCUT2D eigenvalue weighted by molar-refractivity contribution is 4.84. The van der Waals surface area contributed by atoms with Gasteiger partial charge >= 0.3 is 0 Å². The quantitative estimate of drug-likeness (QED) is 0.610. The van der Waals surface area contributed by atoms with Gasteiger partial charge in [0.25, 0.3) is 0 Å². The van der Waals surface area contributed by atoms with Crippen LogP contribution in [0.3, 0.4) is 0 Å². The molecule has 0 radical (unpaired) electrons. The third-order valence-corrected chi connectivity index (χ3v) is 3.02. The van der Waals surface area contributed by atoms with Crippen molar-refractivity contribution >= 4 is 0 Å². The van der Waals surface area contributed by atoms with Crippen LogP contribution in [0.1, 0.15) is 19.8 Å². The maximum atomic E-state index is 5.38. The van der Waals surface area contributed by atoms with E-state index in [-0.39, 0.29) is 0 Å². The van der Waals surface area contributed by atoms with Crippen LogP contribution in [0.2, 0.25) is 0 Å². The second-order valence-electron chi connectivity index (χ2n) is 3.93. The van der Waals surface area contributed by atoms with Crippen LogP contribution >= 0.6 is 0 Å². The molecule has 2 heteroatoms. The summed E-state index contributed by atoms with van der Waals surface area (Å²) in [6.45, 7) is 5.50. The summed E-state index contributed by atoms with van der Waals surface area (Å²) < 4.78 is 5.38. The summed E-state index contributed by atoms with van der Waals surface area (Å²) in [5.41, 5.74) is 0. The molecule has 2 fully saturated rings. The summed E-state index contributed by atoms with van der Waals surface area (Å²) in [5, 5.41) is 3.49. The SMILES string of the molecule is CC1CC(C2CCOC2)CN1. The Morgan fingerprint density at radius 3 is 2.82 bits per heavy atom. The maximum absolute atomic E-state index is 5.38. The zero-order valence-corrected chi connectivity index (χ0v) is 7.18. The predicted molar refractivity (Wildman–Crippen MR) is 44.5 cm³/mol. The molecule has 0 amide bonds. The van der Waals surface area contributed by atoms with Crippen molar-refractivity contribution in [3.63, 3.8) is 0 Å². The van der Waals surface area contributed by atoms with Gasteiger partial charge in [-0.2, -0.15) is 0 Å². The predicted octanol–water partition coefficient (Wildman–Crippen LogP) is 1.02. The van der Waals surface area contributed by atoms with Gasteiger partial charge in [-0.25, -0.2) is 0 Å². The van der Waals surface area contributed by atoms with Gasteiger partial charge in [-0.05, 0) is 38.1 Å². The van der Waals surface area contributed by atoms with Crippen molar-refractivity contribution in [1.29, 1.82) is 0 Å². The first-order valence-corrected chi connectivity index (χ1v) is 4.67. The standard InChI is InChI=1S/C9H17NO/c1-7-4-9(5-10-7)8-2-3-11-6-8/h7-10H,2-6H2,1H3. The molecule has 64 valence electrons. The molecule has 2 aliphatic rings. The lowest BCUT2D eigenvalue weighted by atomic mass is 9.90. The van der Waals surface area contributed by atoms with E-state index in [0.717, 1.165) is 31.1 Å². The van der Waals surface area contributed by atoms with Crippen molar-refractivity contribution in [3.8, 4) is 0 Å². The van der Waals surface area contributed by atoms with Gasteiger partial charge in [0.2, 0.25) is 0 Å². The molecule has 3 atom stereocenters. The Bertz CT molecular complexity index is 132. The van der Waals surface area contributed by atoms with Crippen molar-refractivity contribution in [2.45, 2.75) is 25.8 Å². The smallest absolute Gasteiger partial charge is 0.0498 e. The number of hydrogen-bond donors (Lipinski definition) is 1. The minimum Gasteiger partial charge on any atom is -0.381 e. The second kappa shape index (κ2) is 3.11. The van der Waals surface area contributed by atoms with Crippen LogP contribution < -0.4 is 5.32 Å². The fourth-order valence-corrected chi connectivity index (χ4v) is 2.26. The molecule has 0 spiro atoms. The number of nitrogens with one attached hydrogen (secondary N) is 1. The van der Waals surface area contributed by atoms with E-state index in [1.54, 1.807) is 0 Å². The van der Waals surface area contributed by atoms with Crippen molar-refractivity contribution in [3.05, 3.63) is 0 Å². The Balaban J connectivity index is 1.85. The van der Waals surface area contributed by atoms with Crippen LogP contribution in [0.4, 0.5) is 0 Å². The first-order valence-electron chi connectivity index (χ1n) is 4.67. The van der Waals surface area contributed by atoms with Crippen molar-refractivity contribution in [2.75, 3.05) is 19.8 Å². The van der Waals surface area contributed by atoms with E-state index in [0.29, 0.717) is 0 Å². The number of ether oxygens (including phenoxy) is 1. The highest BCUT2D eigenvalue weighted by atomic mass is 16.5. The Hall–Kier alpha value is -0.0800. The molecular formula is C9H17NO. The summed E-state index contributed by atoms with van der Waals surface area (Å²) in [6.07, 6.45) is 2.65. The number of hydrogen-bond acceptors (Lipinski definition) is 2. The summed E-state index contributed by atoms with van der Waals surface area (Å²) in [6, 6.07) is 0.737. The van der Waals surface area contributed by atoms with E-state index in [2.05, 4.69) is 12.2 Å². The molecule has 1 N–H and O–H groups in total. The van der Waals surface area contributed by atoms with E-state index >= 15 is 0 Å². The fraction of sp³-hybridized carbons (Fsp3) is 1.00. The molecule has 0 aromatic heterocycles. The molecule has 2 saturated heterocycles. The molecule has 0 aromatic carbocycles. The Morgan fingerprint density at radius 2 is 2.27 bits per heavy atom. The molecule has 2 nitrogen and oxygen atoms in total. The zero-order chi connectivity index (χ0) is 7.68. The summed E-state index contributed by atoms with van der Waals surface area (Å²) in [4.78, 5) is 0. The Kier molecular flexibility index (Phi) is 2.14. The maximum Gasteiger partial charge on any atom is 0.0498 e. The molecule has 0 aromatic rings. The molecular weight excluding hydrogens is 138 g/mol. The second-order valence-corrected chi connectivity index (χ2v) is 3.93. The normalized spacial score (nSPS) is 45.0. The molecule has 0 bridgehead atoms. The number of rotatable bonds is 1. The molecule has 0 saturated carbocycles. The Labute approximate surface area is 68.3 Å².